The van der Waals surface area contributed by atoms with E-state index in [2.05, 4.69) is 0 Å². The molecule has 23 heavy (non-hydrogen) atoms. The van der Waals surface area contributed by atoms with E-state index in [1.165, 1.54) is 4.90 Å². The van der Waals surface area contributed by atoms with Crippen LogP contribution in [0, 0.1) is 0 Å². The number of anilines is 1. The normalized spacial score (nSPS) is 20.0. The molecule has 1 atom stereocenters. The van der Waals surface area contributed by atoms with E-state index in [9.17, 15) is 13.2 Å². The number of amides is 1. The third-order valence-electron chi connectivity index (χ3n) is 3.95. The molecule has 0 saturated carbocycles. The fraction of sp³-hybridized carbons (Fsp3) is 0.235. The summed E-state index contributed by atoms with van der Waals surface area (Å²) < 4.78 is 24.9. The number of hydrogen-bond donors (Lipinski definition) is 0. The Balaban J connectivity index is 2.08. The predicted molar refractivity (Wildman–Crippen MR) is 91.3 cm³/mol. The maximum absolute atomic E-state index is 12.5. The van der Waals surface area contributed by atoms with Crippen LogP contribution in [0.15, 0.2) is 48.5 Å². The third-order valence-corrected chi connectivity index (χ3v) is 6.01. The van der Waals surface area contributed by atoms with Crippen LogP contribution in [0.2, 0.25) is 5.02 Å². The Hall–Kier alpha value is -1.85. The Morgan fingerprint density at radius 2 is 1.70 bits per heavy atom. The molecule has 0 N–H and O–H groups in total. The van der Waals surface area contributed by atoms with Gasteiger partial charge in [0, 0.05) is 10.7 Å². The zero-order valence-electron chi connectivity index (χ0n) is 12.6. The van der Waals surface area contributed by atoms with E-state index in [1.807, 2.05) is 19.1 Å². The molecule has 1 saturated heterocycles. The number of sulfone groups is 1. The van der Waals surface area contributed by atoms with Crippen LogP contribution >= 0.6 is 11.6 Å². The molecule has 2 aromatic carbocycles. The van der Waals surface area contributed by atoms with Gasteiger partial charge in [-0.15, -0.1) is 0 Å². The van der Waals surface area contributed by atoms with Gasteiger partial charge in [-0.05, 0) is 41.8 Å². The molecular weight excluding hydrogens is 334 g/mol. The van der Waals surface area contributed by atoms with E-state index in [4.69, 9.17) is 11.6 Å². The summed E-state index contributed by atoms with van der Waals surface area (Å²) in [6.45, 7) is 2.04. The van der Waals surface area contributed by atoms with Gasteiger partial charge in [-0.25, -0.2) is 8.42 Å². The number of hydrogen-bond acceptors (Lipinski definition) is 3. The summed E-state index contributed by atoms with van der Waals surface area (Å²) in [4.78, 5) is 13.7. The maximum atomic E-state index is 12.5. The van der Waals surface area contributed by atoms with Crippen molar-refractivity contribution >= 4 is 33.0 Å². The topological polar surface area (TPSA) is 54.5 Å². The fourth-order valence-corrected chi connectivity index (χ4v) is 4.67. The SMILES string of the molecule is CCc1ccc(N2C(=O)CS(=O)(=O)[C@@H]2c2ccc(Cl)cc2)cc1. The zero-order valence-corrected chi connectivity index (χ0v) is 14.1. The standard InChI is InChI=1S/C17H16ClNO3S/c1-2-12-3-9-15(10-4-12)19-16(20)11-23(21,22)17(19)13-5-7-14(18)8-6-13/h3-10,17H,2,11H2,1H3/t17-/m1/s1. The van der Waals surface area contributed by atoms with Gasteiger partial charge in [0.15, 0.2) is 15.2 Å². The Kier molecular flexibility index (Phi) is 4.17. The van der Waals surface area contributed by atoms with E-state index in [0.717, 1.165) is 12.0 Å². The highest BCUT2D eigenvalue weighted by Gasteiger charge is 2.45. The molecule has 1 heterocycles. The summed E-state index contributed by atoms with van der Waals surface area (Å²) in [6, 6.07) is 14.0. The largest absolute Gasteiger partial charge is 0.290 e. The van der Waals surface area contributed by atoms with Crippen LogP contribution in [0.25, 0.3) is 0 Å². The Labute approximate surface area is 140 Å². The van der Waals surface area contributed by atoms with Crippen molar-refractivity contribution in [1.82, 2.24) is 0 Å². The van der Waals surface area contributed by atoms with Crippen molar-refractivity contribution in [3.8, 4) is 0 Å². The highest BCUT2D eigenvalue weighted by molar-refractivity contribution is 7.93. The lowest BCUT2D eigenvalue weighted by Gasteiger charge is -2.24. The first-order valence-electron chi connectivity index (χ1n) is 7.30. The number of rotatable bonds is 3. The van der Waals surface area contributed by atoms with Crippen LogP contribution < -0.4 is 4.90 Å². The van der Waals surface area contributed by atoms with Crippen LogP contribution in [-0.4, -0.2) is 20.1 Å². The molecule has 0 radical (unpaired) electrons. The molecule has 0 bridgehead atoms. The lowest BCUT2D eigenvalue weighted by atomic mass is 10.1. The van der Waals surface area contributed by atoms with Crippen LogP contribution in [0.5, 0.6) is 0 Å². The van der Waals surface area contributed by atoms with Crippen LogP contribution in [0.1, 0.15) is 23.4 Å². The van der Waals surface area contributed by atoms with Gasteiger partial charge in [0.2, 0.25) is 5.91 Å². The molecule has 0 aromatic heterocycles. The molecule has 1 fully saturated rings. The predicted octanol–water partition coefficient (Wildman–Crippen LogP) is 3.36. The molecule has 1 aliphatic heterocycles. The monoisotopic (exact) mass is 349 g/mol. The summed E-state index contributed by atoms with van der Waals surface area (Å²) in [5.74, 6) is -0.885. The molecule has 4 nitrogen and oxygen atoms in total. The molecule has 3 rings (SSSR count). The minimum absolute atomic E-state index is 0.408. The maximum Gasteiger partial charge on any atom is 0.243 e. The smallest absolute Gasteiger partial charge is 0.243 e. The average Bonchev–Trinajstić information content (AvgIpc) is 2.77. The van der Waals surface area contributed by atoms with Gasteiger partial charge in [0.05, 0.1) is 0 Å². The van der Waals surface area contributed by atoms with Gasteiger partial charge < -0.3 is 0 Å². The molecule has 0 spiro atoms. The van der Waals surface area contributed by atoms with Gasteiger partial charge in [-0.1, -0.05) is 42.8 Å². The number of halogens is 1. The van der Waals surface area contributed by atoms with Gasteiger partial charge in [-0.2, -0.15) is 0 Å². The van der Waals surface area contributed by atoms with Crippen molar-refractivity contribution < 1.29 is 13.2 Å². The molecule has 0 aliphatic carbocycles. The molecule has 6 heteroatoms. The van der Waals surface area contributed by atoms with Crippen molar-refractivity contribution in [2.75, 3.05) is 10.7 Å². The minimum Gasteiger partial charge on any atom is -0.290 e. The van der Waals surface area contributed by atoms with Gasteiger partial charge in [0.1, 0.15) is 5.75 Å². The first-order valence-corrected chi connectivity index (χ1v) is 9.40. The summed E-state index contributed by atoms with van der Waals surface area (Å²) in [5, 5.41) is -0.478. The summed E-state index contributed by atoms with van der Waals surface area (Å²) in [5.41, 5.74) is 2.26. The zero-order chi connectivity index (χ0) is 16.6. The lowest BCUT2D eigenvalue weighted by Crippen LogP contribution is -2.29. The molecule has 1 aliphatic rings. The van der Waals surface area contributed by atoms with Gasteiger partial charge in [-0.3, -0.25) is 9.69 Å². The Morgan fingerprint density at radius 1 is 1.09 bits per heavy atom. The van der Waals surface area contributed by atoms with E-state index in [0.29, 0.717) is 16.3 Å². The van der Waals surface area contributed by atoms with Crippen molar-refractivity contribution in [3.05, 3.63) is 64.7 Å². The Bertz CT molecular complexity index is 829. The van der Waals surface area contributed by atoms with E-state index in [-0.39, 0.29) is 0 Å². The van der Waals surface area contributed by atoms with Crippen LogP contribution in [0.3, 0.4) is 0 Å². The van der Waals surface area contributed by atoms with Gasteiger partial charge >= 0.3 is 0 Å². The van der Waals surface area contributed by atoms with Gasteiger partial charge in [0.25, 0.3) is 0 Å². The second kappa shape index (κ2) is 5.98. The second-order valence-electron chi connectivity index (χ2n) is 5.49. The second-order valence-corrected chi connectivity index (χ2v) is 7.99. The van der Waals surface area contributed by atoms with Crippen molar-refractivity contribution in [2.24, 2.45) is 0 Å². The summed E-state index contributed by atoms with van der Waals surface area (Å²) >= 11 is 5.87. The molecule has 0 unspecified atom stereocenters. The van der Waals surface area contributed by atoms with Crippen LogP contribution in [-0.2, 0) is 21.1 Å². The number of benzene rings is 2. The van der Waals surface area contributed by atoms with Crippen LogP contribution in [0.4, 0.5) is 5.69 Å². The highest BCUT2D eigenvalue weighted by Crippen LogP contribution is 2.37. The molecule has 120 valence electrons. The number of carbonyl (C=O) groups is 1. The quantitative estimate of drug-likeness (QED) is 0.853. The minimum atomic E-state index is -3.58. The van der Waals surface area contributed by atoms with Crippen molar-refractivity contribution in [1.29, 1.82) is 0 Å². The fourth-order valence-electron chi connectivity index (χ4n) is 2.77. The van der Waals surface area contributed by atoms with E-state index >= 15 is 0 Å². The summed E-state index contributed by atoms with van der Waals surface area (Å²) in [7, 11) is -3.58. The Morgan fingerprint density at radius 3 is 2.26 bits per heavy atom. The molecular formula is C17H16ClNO3S. The first-order chi connectivity index (χ1) is 10.9. The number of aryl methyl sites for hydroxylation is 1. The first kappa shape index (κ1) is 16.0. The highest BCUT2D eigenvalue weighted by atomic mass is 35.5. The number of carbonyl (C=O) groups excluding carboxylic acids is 1. The average molecular weight is 350 g/mol. The molecule has 1 amide bonds. The van der Waals surface area contributed by atoms with Crippen molar-refractivity contribution in [2.45, 2.75) is 18.7 Å². The summed E-state index contributed by atoms with van der Waals surface area (Å²) in [6.07, 6.45) is 0.882. The van der Waals surface area contributed by atoms with Crippen molar-refractivity contribution in [3.63, 3.8) is 0 Å². The lowest BCUT2D eigenvalue weighted by molar-refractivity contribution is -0.115. The number of nitrogens with zero attached hydrogens (tertiary/aromatic N) is 1. The third kappa shape index (κ3) is 2.99. The molecule has 2 aromatic rings. The van der Waals surface area contributed by atoms with E-state index in [1.54, 1.807) is 36.4 Å². The van der Waals surface area contributed by atoms with E-state index < -0.39 is 26.9 Å².